The van der Waals surface area contributed by atoms with E-state index in [1.54, 1.807) is 19.4 Å². The summed E-state index contributed by atoms with van der Waals surface area (Å²) in [6.45, 7) is 0. The van der Waals surface area contributed by atoms with E-state index in [1.165, 1.54) is 0 Å². The number of benzene rings is 2. The summed E-state index contributed by atoms with van der Waals surface area (Å²) in [5.41, 5.74) is 2.06. The molecule has 0 amide bonds. The molecule has 0 saturated carbocycles. The number of aromatic amines is 1. The quantitative estimate of drug-likeness (QED) is 0.578. The highest BCUT2D eigenvalue weighted by atomic mass is 16.5. The first-order valence-electron chi connectivity index (χ1n) is 7.18. The Morgan fingerprint density at radius 2 is 1.87 bits per heavy atom. The summed E-state index contributed by atoms with van der Waals surface area (Å²) in [7, 11) is 1.58. The maximum absolute atomic E-state index is 12.6. The van der Waals surface area contributed by atoms with Gasteiger partial charge in [-0.25, -0.2) is 9.97 Å². The molecule has 5 nitrogen and oxygen atoms in total. The van der Waals surface area contributed by atoms with Crippen molar-refractivity contribution in [2.45, 2.75) is 0 Å². The Morgan fingerprint density at radius 3 is 2.65 bits per heavy atom. The summed E-state index contributed by atoms with van der Waals surface area (Å²) >= 11 is 0. The van der Waals surface area contributed by atoms with Crippen LogP contribution in [0.1, 0.15) is 0 Å². The van der Waals surface area contributed by atoms with Gasteiger partial charge in [0.1, 0.15) is 11.4 Å². The minimum absolute atomic E-state index is 0.104. The average Bonchev–Trinajstić information content (AvgIpc) is 2.62. The molecule has 2 aromatic carbocycles. The van der Waals surface area contributed by atoms with Gasteiger partial charge in [-0.1, -0.05) is 30.3 Å². The zero-order chi connectivity index (χ0) is 15.8. The standard InChI is InChI=1S/C18H13N3O2/c1-23-12-7-8-15-13(9-12)16(22)14-10-19-17(21-18(14)20-15)11-5-3-2-4-6-11/h2-10H,1H3,(H,19,20,21,22). The van der Waals surface area contributed by atoms with Crippen LogP contribution in [0, 0.1) is 0 Å². The van der Waals surface area contributed by atoms with E-state index < -0.39 is 0 Å². The van der Waals surface area contributed by atoms with Crippen molar-refractivity contribution in [3.63, 3.8) is 0 Å². The van der Waals surface area contributed by atoms with Crippen LogP contribution in [0.3, 0.4) is 0 Å². The number of nitrogens with zero attached hydrogens (tertiary/aromatic N) is 2. The van der Waals surface area contributed by atoms with Crippen molar-refractivity contribution >= 4 is 21.9 Å². The second-order valence-electron chi connectivity index (χ2n) is 5.19. The van der Waals surface area contributed by atoms with Crippen LogP contribution >= 0.6 is 0 Å². The molecule has 0 aliphatic heterocycles. The zero-order valence-corrected chi connectivity index (χ0v) is 12.4. The Morgan fingerprint density at radius 1 is 1.04 bits per heavy atom. The molecular formula is C18H13N3O2. The van der Waals surface area contributed by atoms with Gasteiger partial charge in [-0.3, -0.25) is 4.79 Å². The number of methoxy groups -OCH3 is 1. The molecule has 0 radical (unpaired) electrons. The lowest BCUT2D eigenvalue weighted by Gasteiger charge is -2.06. The lowest BCUT2D eigenvalue weighted by atomic mass is 10.1. The van der Waals surface area contributed by atoms with Crippen LogP contribution in [-0.2, 0) is 0 Å². The van der Waals surface area contributed by atoms with Gasteiger partial charge in [0.15, 0.2) is 5.82 Å². The van der Waals surface area contributed by atoms with Crippen molar-refractivity contribution in [1.29, 1.82) is 0 Å². The zero-order valence-electron chi connectivity index (χ0n) is 12.4. The SMILES string of the molecule is COc1ccc2[nH]c3nc(-c4ccccc4)ncc3c(=O)c2c1. The van der Waals surface area contributed by atoms with E-state index in [0.717, 1.165) is 11.1 Å². The highest BCUT2D eigenvalue weighted by Crippen LogP contribution is 2.20. The predicted octanol–water partition coefficient (Wildman–Crippen LogP) is 3.15. The van der Waals surface area contributed by atoms with Crippen LogP contribution in [0.4, 0.5) is 0 Å². The van der Waals surface area contributed by atoms with E-state index in [2.05, 4.69) is 15.0 Å². The van der Waals surface area contributed by atoms with E-state index in [-0.39, 0.29) is 5.43 Å². The molecule has 2 aromatic heterocycles. The third-order valence-corrected chi connectivity index (χ3v) is 3.79. The fourth-order valence-electron chi connectivity index (χ4n) is 2.59. The van der Waals surface area contributed by atoms with E-state index in [4.69, 9.17) is 4.74 Å². The van der Waals surface area contributed by atoms with Crippen LogP contribution < -0.4 is 10.2 Å². The third kappa shape index (κ3) is 2.23. The van der Waals surface area contributed by atoms with Gasteiger partial charge in [0.25, 0.3) is 0 Å². The van der Waals surface area contributed by atoms with Crippen LogP contribution in [0.5, 0.6) is 5.75 Å². The molecule has 0 aliphatic rings. The van der Waals surface area contributed by atoms with Gasteiger partial charge in [-0.15, -0.1) is 0 Å². The number of H-pyrrole nitrogens is 1. The van der Waals surface area contributed by atoms with Gasteiger partial charge >= 0.3 is 0 Å². The number of ether oxygens (including phenoxy) is 1. The van der Waals surface area contributed by atoms with Crippen molar-refractivity contribution in [3.8, 4) is 17.1 Å². The highest BCUT2D eigenvalue weighted by Gasteiger charge is 2.10. The normalized spacial score (nSPS) is 11.0. The molecular weight excluding hydrogens is 290 g/mol. The van der Waals surface area contributed by atoms with Crippen LogP contribution in [0.25, 0.3) is 33.3 Å². The van der Waals surface area contributed by atoms with Gasteiger partial charge in [-0.05, 0) is 18.2 Å². The molecule has 0 spiro atoms. The molecule has 0 atom stereocenters. The van der Waals surface area contributed by atoms with Crippen LogP contribution in [-0.4, -0.2) is 22.1 Å². The first-order chi connectivity index (χ1) is 11.3. The summed E-state index contributed by atoms with van der Waals surface area (Å²) < 4.78 is 5.18. The van der Waals surface area contributed by atoms with Gasteiger partial charge in [0.05, 0.1) is 18.0 Å². The number of fused-ring (bicyclic) bond motifs is 2. The van der Waals surface area contributed by atoms with Crippen molar-refractivity contribution in [3.05, 3.63) is 65.0 Å². The molecule has 4 rings (SSSR count). The Labute approximate surface area is 131 Å². The van der Waals surface area contributed by atoms with Crippen molar-refractivity contribution in [2.75, 3.05) is 7.11 Å². The summed E-state index contributed by atoms with van der Waals surface area (Å²) in [4.78, 5) is 24.7. The number of aromatic nitrogens is 3. The largest absolute Gasteiger partial charge is 0.497 e. The molecule has 5 heteroatoms. The first-order valence-corrected chi connectivity index (χ1v) is 7.18. The van der Waals surface area contributed by atoms with Gasteiger partial charge in [-0.2, -0.15) is 0 Å². The van der Waals surface area contributed by atoms with E-state index in [1.807, 2.05) is 42.5 Å². The average molecular weight is 303 g/mol. The maximum atomic E-state index is 12.6. The maximum Gasteiger partial charge on any atom is 0.200 e. The molecule has 2 heterocycles. The Bertz CT molecular complexity index is 1070. The lowest BCUT2D eigenvalue weighted by Crippen LogP contribution is -2.07. The third-order valence-electron chi connectivity index (χ3n) is 3.79. The van der Waals surface area contributed by atoms with Crippen LogP contribution in [0.2, 0.25) is 0 Å². The molecule has 0 saturated heterocycles. The second kappa shape index (κ2) is 5.21. The number of rotatable bonds is 2. The molecule has 1 N–H and O–H groups in total. The molecule has 0 unspecified atom stereocenters. The van der Waals surface area contributed by atoms with Gasteiger partial charge < -0.3 is 9.72 Å². The highest BCUT2D eigenvalue weighted by molar-refractivity contribution is 5.91. The molecule has 112 valence electrons. The fraction of sp³-hybridized carbons (Fsp3) is 0.0556. The topological polar surface area (TPSA) is 67.9 Å². The van der Waals surface area contributed by atoms with E-state index >= 15 is 0 Å². The molecule has 0 aliphatic carbocycles. The minimum Gasteiger partial charge on any atom is -0.497 e. The number of pyridine rings is 1. The number of nitrogens with one attached hydrogen (secondary N) is 1. The van der Waals surface area contributed by atoms with Crippen molar-refractivity contribution < 1.29 is 4.74 Å². The Kier molecular flexibility index (Phi) is 3.05. The molecule has 4 aromatic rings. The second-order valence-corrected chi connectivity index (χ2v) is 5.19. The van der Waals surface area contributed by atoms with Gasteiger partial charge in [0.2, 0.25) is 5.43 Å². The molecule has 0 bridgehead atoms. The smallest absolute Gasteiger partial charge is 0.200 e. The monoisotopic (exact) mass is 303 g/mol. The number of hydrogen-bond acceptors (Lipinski definition) is 4. The minimum atomic E-state index is -0.104. The first kappa shape index (κ1) is 13.5. The lowest BCUT2D eigenvalue weighted by molar-refractivity contribution is 0.415. The predicted molar refractivity (Wildman–Crippen MR) is 89.7 cm³/mol. The molecule has 0 fully saturated rings. The summed E-state index contributed by atoms with van der Waals surface area (Å²) in [5.74, 6) is 1.23. The molecule has 23 heavy (non-hydrogen) atoms. The van der Waals surface area contributed by atoms with E-state index in [0.29, 0.717) is 28.0 Å². The Balaban J connectivity index is 1.99. The summed E-state index contributed by atoms with van der Waals surface area (Å²) in [6, 6.07) is 15.0. The Hall–Kier alpha value is -3.21. The van der Waals surface area contributed by atoms with Gasteiger partial charge in [0, 0.05) is 17.1 Å². The summed E-state index contributed by atoms with van der Waals surface area (Å²) in [5, 5.41) is 1.03. The summed E-state index contributed by atoms with van der Waals surface area (Å²) in [6.07, 6.45) is 1.57. The van der Waals surface area contributed by atoms with E-state index in [9.17, 15) is 4.79 Å². The fourth-order valence-corrected chi connectivity index (χ4v) is 2.59. The van der Waals surface area contributed by atoms with Crippen LogP contribution in [0.15, 0.2) is 59.5 Å². The van der Waals surface area contributed by atoms with Crippen molar-refractivity contribution in [2.24, 2.45) is 0 Å². The van der Waals surface area contributed by atoms with Crippen molar-refractivity contribution in [1.82, 2.24) is 15.0 Å². The number of hydrogen-bond donors (Lipinski definition) is 1.